The quantitative estimate of drug-likeness (QED) is 0.746. The van der Waals surface area contributed by atoms with E-state index in [0.29, 0.717) is 31.0 Å². The van der Waals surface area contributed by atoms with Gasteiger partial charge in [-0.15, -0.1) is 0 Å². The summed E-state index contributed by atoms with van der Waals surface area (Å²) in [6.45, 7) is 3.27. The molecule has 4 rings (SSSR count). The summed E-state index contributed by atoms with van der Waals surface area (Å²) in [5, 5.41) is 16.0. The van der Waals surface area contributed by atoms with Crippen molar-refractivity contribution in [2.75, 3.05) is 29.5 Å². The summed E-state index contributed by atoms with van der Waals surface area (Å²) in [5.41, 5.74) is 2.81. The number of hydrogen-bond acceptors (Lipinski definition) is 6. The molecule has 1 aromatic heterocycles. The lowest BCUT2D eigenvalue weighted by Crippen LogP contribution is -2.33. The molecule has 10 heteroatoms. The summed E-state index contributed by atoms with van der Waals surface area (Å²) in [6, 6.07) is 4.65. The van der Waals surface area contributed by atoms with Gasteiger partial charge in [0.15, 0.2) is 0 Å². The van der Waals surface area contributed by atoms with Crippen molar-refractivity contribution in [2.24, 2.45) is 0 Å². The van der Waals surface area contributed by atoms with Crippen LogP contribution in [0.4, 0.5) is 20.6 Å². The van der Waals surface area contributed by atoms with Crippen LogP contribution in [0.2, 0.25) is 0 Å². The molecule has 0 radical (unpaired) electrons. The average molecular weight is 403 g/mol. The van der Waals surface area contributed by atoms with Crippen molar-refractivity contribution in [2.45, 2.75) is 32.7 Å². The summed E-state index contributed by atoms with van der Waals surface area (Å²) in [6.07, 6.45) is 0.703. The highest BCUT2D eigenvalue weighted by Crippen LogP contribution is 2.33. The first-order chi connectivity index (χ1) is 14.0. The maximum Gasteiger partial charge on any atom is 0.414 e. The van der Waals surface area contributed by atoms with Gasteiger partial charge < -0.3 is 20.1 Å². The van der Waals surface area contributed by atoms with Crippen molar-refractivity contribution in [3.63, 3.8) is 0 Å². The first kappa shape index (κ1) is 19.2. The van der Waals surface area contributed by atoms with Crippen molar-refractivity contribution in [3.05, 3.63) is 41.5 Å². The van der Waals surface area contributed by atoms with Crippen molar-refractivity contribution in [3.8, 4) is 0 Å². The van der Waals surface area contributed by atoms with Gasteiger partial charge in [-0.25, -0.2) is 9.18 Å². The number of cyclic esters (lactones) is 1. The van der Waals surface area contributed by atoms with Crippen molar-refractivity contribution >= 4 is 23.4 Å². The molecular formula is C19H22FN5O4. The Morgan fingerprint density at radius 2 is 2.24 bits per heavy atom. The SMILES string of the molecule is CC(=O)NC[C@H]1CN(c2ccc(N3Cc4cnn(CCO)c4C3)c(F)c2)C(=O)O1. The normalized spacial score (nSPS) is 18.2. The minimum atomic E-state index is -0.565. The average Bonchev–Trinajstić information content (AvgIpc) is 3.35. The van der Waals surface area contributed by atoms with Gasteiger partial charge >= 0.3 is 6.09 Å². The van der Waals surface area contributed by atoms with E-state index < -0.39 is 18.0 Å². The molecule has 2 amide bonds. The van der Waals surface area contributed by atoms with Crippen LogP contribution in [0, 0.1) is 5.82 Å². The molecule has 154 valence electrons. The highest BCUT2D eigenvalue weighted by atomic mass is 19.1. The molecular weight excluding hydrogens is 381 g/mol. The summed E-state index contributed by atoms with van der Waals surface area (Å²) >= 11 is 0. The molecule has 1 atom stereocenters. The summed E-state index contributed by atoms with van der Waals surface area (Å²) in [7, 11) is 0. The number of ether oxygens (including phenoxy) is 1. The predicted octanol–water partition coefficient (Wildman–Crippen LogP) is 0.996. The van der Waals surface area contributed by atoms with Gasteiger partial charge in [-0.3, -0.25) is 14.4 Å². The van der Waals surface area contributed by atoms with Crippen molar-refractivity contribution in [1.29, 1.82) is 0 Å². The Morgan fingerprint density at radius 1 is 1.41 bits per heavy atom. The fraction of sp³-hybridized carbons (Fsp3) is 0.421. The molecule has 2 aliphatic rings. The van der Waals surface area contributed by atoms with Gasteiger partial charge in [0, 0.05) is 19.0 Å². The number of amides is 2. The van der Waals surface area contributed by atoms with Crippen LogP contribution in [0.5, 0.6) is 0 Å². The van der Waals surface area contributed by atoms with Crippen LogP contribution < -0.4 is 15.1 Å². The first-order valence-electron chi connectivity index (χ1n) is 9.37. The second kappa shape index (κ2) is 7.70. The third-order valence-corrected chi connectivity index (χ3v) is 5.09. The van der Waals surface area contributed by atoms with Crippen LogP contribution in [0.25, 0.3) is 0 Å². The van der Waals surface area contributed by atoms with E-state index in [-0.39, 0.29) is 25.6 Å². The molecule has 0 unspecified atom stereocenters. The zero-order valence-electron chi connectivity index (χ0n) is 16.0. The minimum absolute atomic E-state index is 0.00789. The minimum Gasteiger partial charge on any atom is -0.442 e. The Morgan fingerprint density at radius 3 is 2.97 bits per heavy atom. The molecule has 0 bridgehead atoms. The third kappa shape index (κ3) is 3.75. The smallest absolute Gasteiger partial charge is 0.414 e. The van der Waals surface area contributed by atoms with Crippen LogP contribution in [-0.2, 0) is 29.2 Å². The lowest BCUT2D eigenvalue weighted by atomic mass is 10.2. The van der Waals surface area contributed by atoms with E-state index in [4.69, 9.17) is 9.84 Å². The topological polar surface area (TPSA) is 99.9 Å². The van der Waals surface area contributed by atoms with E-state index in [1.807, 2.05) is 4.90 Å². The molecule has 3 heterocycles. The molecule has 1 fully saturated rings. The lowest BCUT2D eigenvalue weighted by Gasteiger charge is -2.21. The number of rotatable bonds is 6. The molecule has 0 saturated carbocycles. The van der Waals surface area contributed by atoms with E-state index in [2.05, 4.69) is 10.4 Å². The molecule has 9 nitrogen and oxygen atoms in total. The number of aliphatic hydroxyl groups excluding tert-OH is 1. The molecule has 0 aliphatic carbocycles. The van der Waals surface area contributed by atoms with Gasteiger partial charge in [-0.1, -0.05) is 0 Å². The maximum absolute atomic E-state index is 14.9. The number of anilines is 2. The molecule has 0 spiro atoms. The Balaban J connectivity index is 1.46. The number of carbonyl (C=O) groups excluding carboxylic acids is 2. The van der Waals surface area contributed by atoms with E-state index in [9.17, 15) is 14.0 Å². The largest absolute Gasteiger partial charge is 0.442 e. The number of carbonyl (C=O) groups is 2. The number of fused-ring (bicyclic) bond motifs is 1. The number of nitrogens with zero attached hydrogens (tertiary/aromatic N) is 4. The zero-order chi connectivity index (χ0) is 20.5. The summed E-state index contributed by atoms with van der Waals surface area (Å²) < 4.78 is 21.8. The van der Waals surface area contributed by atoms with E-state index >= 15 is 0 Å². The lowest BCUT2D eigenvalue weighted by molar-refractivity contribution is -0.119. The Hall–Kier alpha value is -3.14. The third-order valence-electron chi connectivity index (χ3n) is 5.09. The van der Waals surface area contributed by atoms with Gasteiger partial charge in [0.25, 0.3) is 0 Å². The first-order valence-corrected chi connectivity index (χ1v) is 9.37. The molecule has 2 aliphatic heterocycles. The van der Waals surface area contributed by atoms with Crippen LogP contribution >= 0.6 is 0 Å². The number of aliphatic hydroxyl groups is 1. The van der Waals surface area contributed by atoms with Gasteiger partial charge in [0.2, 0.25) is 5.91 Å². The van der Waals surface area contributed by atoms with E-state index in [1.54, 1.807) is 23.0 Å². The van der Waals surface area contributed by atoms with Gasteiger partial charge in [-0.05, 0) is 18.2 Å². The number of hydrogen-bond donors (Lipinski definition) is 2. The van der Waals surface area contributed by atoms with Crippen molar-refractivity contribution in [1.82, 2.24) is 15.1 Å². The molecule has 2 N–H and O–H groups in total. The van der Waals surface area contributed by atoms with Gasteiger partial charge in [-0.2, -0.15) is 5.10 Å². The number of benzene rings is 1. The van der Waals surface area contributed by atoms with Crippen LogP contribution in [0.15, 0.2) is 24.4 Å². The zero-order valence-corrected chi connectivity index (χ0v) is 16.0. The monoisotopic (exact) mass is 403 g/mol. The molecule has 1 saturated heterocycles. The summed E-state index contributed by atoms with van der Waals surface area (Å²) in [4.78, 5) is 26.4. The fourth-order valence-electron chi connectivity index (χ4n) is 3.68. The van der Waals surface area contributed by atoms with Gasteiger partial charge in [0.1, 0.15) is 11.9 Å². The van der Waals surface area contributed by atoms with Gasteiger partial charge in [0.05, 0.1) is 56.1 Å². The number of halogens is 1. The molecule has 1 aromatic carbocycles. The molecule has 2 aromatic rings. The predicted molar refractivity (Wildman–Crippen MR) is 102 cm³/mol. The number of aromatic nitrogens is 2. The second-order valence-electron chi connectivity index (χ2n) is 7.11. The standard InChI is InChI=1S/C19H22FN5O4/c1-12(27)21-8-15-10-24(19(28)29-15)14-2-3-17(16(20)6-14)23-9-13-7-22-25(4-5-26)18(13)11-23/h2-3,6-7,15,26H,4-5,8-11H2,1H3,(H,21,27)/t15-/m0/s1. The maximum atomic E-state index is 14.9. The van der Waals surface area contributed by atoms with Crippen molar-refractivity contribution < 1.29 is 23.8 Å². The van der Waals surface area contributed by atoms with E-state index in [1.165, 1.54) is 17.9 Å². The number of nitrogens with one attached hydrogen (secondary N) is 1. The summed E-state index contributed by atoms with van der Waals surface area (Å²) in [5.74, 6) is -0.643. The van der Waals surface area contributed by atoms with Crippen LogP contribution in [-0.4, -0.2) is 52.7 Å². The second-order valence-corrected chi connectivity index (χ2v) is 7.11. The Bertz CT molecular complexity index is 947. The highest BCUT2D eigenvalue weighted by molar-refractivity contribution is 5.90. The Labute approximate surface area is 166 Å². The van der Waals surface area contributed by atoms with Crippen LogP contribution in [0.3, 0.4) is 0 Å². The fourth-order valence-corrected chi connectivity index (χ4v) is 3.68. The Kier molecular flexibility index (Phi) is 5.10. The molecule has 29 heavy (non-hydrogen) atoms. The highest BCUT2D eigenvalue weighted by Gasteiger charge is 2.33. The van der Waals surface area contributed by atoms with E-state index in [0.717, 1.165) is 11.3 Å². The van der Waals surface area contributed by atoms with Crippen LogP contribution in [0.1, 0.15) is 18.2 Å².